The minimum atomic E-state index is -0.647. The van der Waals surface area contributed by atoms with Gasteiger partial charge in [-0.3, -0.25) is 4.79 Å². The van der Waals surface area contributed by atoms with Crippen LogP contribution in [-0.2, 0) is 4.74 Å². The van der Waals surface area contributed by atoms with Crippen LogP contribution in [0.25, 0.3) is 5.69 Å². The lowest BCUT2D eigenvalue weighted by Crippen LogP contribution is -2.14. The zero-order valence-electron chi connectivity index (χ0n) is 15.9. The van der Waals surface area contributed by atoms with Gasteiger partial charge in [0.15, 0.2) is 24.0 Å². The molecule has 6 heteroatoms. The molecule has 0 spiro atoms. The number of hydrogen-bond donors (Lipinski definition) is 0. The number of carbonyl (C=O) groups is 2. The molecule has 0 aliphatic heterocycles. The van der Waals surface area contributed by atoms with Gasteiger partial charge in [0.1, 0.15) is 0 Å². The Kier molecular flexibility index (Phi) is 5.59. The number of carbonyl (C=O) groups excluding carboxylic acids is 2. The molecule has 3 aromatic rings. The average Bonchev–Trinajstić information content (AvgIpc) is 3.04. The Morgan fingerprint density at radius 2 is 1.54 bits per heavy atom. The first-order chi connectivity index (χ1) is 13.4. The molecule has 0 amide bonds. The number of hydrogen-bond acceptors (Lipinski definition) is 4. The van der Waals surface area contributed by atoms with Gasteiger partial charge < -0.3 is 14.0 Å². The third-order valence-corrected chi connectivity index (χ3v) is 4.44. The molecule has 0 aliphatic rings. The second-order valence-corrected chi connectivity index (χ2v) is 6.35. The summed E-state index contributed by atoms with van der Waals surface area (Å²) in [4.78, 5) is 24.3. The highest BCUT2D eigenvalue weighted by Gasteiger charge is 2.14. The SMILES string of the molecule is COc1ccc(C(=O)COC(=O)c2ccc(-n3c(C)ccc3C)cc2)cc1F. The Morgan fingerprint density at radius 1 is 0.929 bits per heavy atom. The van der Waals surface area contributed by atoms with Crippen LogP contribution in [0.4, 0.5) is 4.39 Å². The number of methoxy groups -OCH3 is 1. The smallest absolute Gasteiger partial charge is 0.338 e. The maximum absolute atomic E-state index is 13.7. The van der Waals surface area contributed by atoms with Crippen molar-refractivity contribution in [3.05, 3.63) is 82.9 Å². The van der Waals surface area contributed by atoms with E-state index in [1.807, 2.05) is 38.1 Å². The lowest BCUT2D eigenvalue weighted by atomic mass is 10.1. The van der Waals surface area contributed by atoms with Crippen molar-refractivity contribution in [1.29, 1.82) is 0 Å². The molecule has 0 aliphatic carbocycles. The fraction of sp³-hybridized carbons (Fsp3) is 0.182. The topological polar surface area (TPSA) is 57.5 Å². The van der Waals surface area contributed by atoms with E-state index in [9.17, 15) is 14.0 Å². The molecule has 0 saturated heterocycles. The third kappa shape index (κ3) is 3.96. The molecule has 3 rings (SSSR count). The summed E-state index contributed by atoms with van der Waals surface area (Å²) in [7, 11) is 1.34. The number of nitrogens with zero attached hydrogens (tertiary/aromatic N) is 1. The molecule has 1 heterocycles. The second kappa shape index (κ2) is 8.08. The van der Waals surface area contributed by atoms with Gasteiger partial charge in [0.25, 0.3) is 0 Å². The molecule has 2 aromatic carbocycles. The zero-order valence-corrected chi connectivity index (χ0v) is 15.9. The van der Waals surface area contributed by atoms with E-state index in [0.717, 1.165) is 23.1 Å². The highest BCUT2D eigenvalue weighted by Crippen LogP contribution is 2.19. The zero-order chi connectivity index (χ0) is 20.3. The van der Waals surface area contributed by atoms with Gasteiger partial charge in [-0.2, -0.15) is 0 Å². The fourth-order valence-corrected chi connectivity index (χ4v) is 2.96. The molecule has 0 bridgehead atoms. The number of ketones is 1. The Balaban J connectivity index is 1.65. The first kappa shape index (κ1) is 19.4. The van der Waals surface area contributed by atoms with Crippen molar-refractivity contribution in [1.82, 2.24) is 4.57 Å². The van der Waals surface area contributed by atoms with Crippen molar-refractivity contribution in [2.45, 2.75) is 13.8 Å². The summed E-state index contributed by atoms with van der Waals surface area (Å²) in [6, 6.07) is 14.8. The van der Waals surface area contributed by atoms with Crippen molar-refractivity contribution < 1.29 is 23.5 Å². The standard InChI is InChI=1S/C22H20FNO4/c1-14-4-5-15(2)24(14)18-9-6-16(7-10-18)22(26)28-13-20(25)17-8-11-21(27-3)19(23)12-17/h4-12H,13H2,1-3H3. The fourth-order valence-electron chi connectivity index (χ4n) is 2.96. The Morgan fingerprint density at radius 3 is 2.11 bits per heavy atom. The van der Waals surface area contributed by atoms with Gasteiger partial charge >= 0.3 is 5.97 Å². The molecule has 0 radical (unpaired) electrons. The Labute approximate surface area is 162 Å². The molecule has 1 aromatic heterocycles. The van der Waals surface area contributed by atoms with Crippen LogP contribution in [0.15, 0.2) is 54.6 Å². The summed E-state index contributed by atoms with van der Waals surface area (Å²) < 4.78 is 25.6. The van der Waals surface area contributed by atoms with Crippen LogP contribution in [0.5, 0.6) is 5.75 Å². The molecule has 0 saturated carbocycles. The maximum Gasteiger partial charge on any atom is 0.338 e. The number of Topliss-reactive ketones (excluding diaryl/α,β-unsaturated/α-hetero) is 1. The molecule has 144 valence electrons. The van der Waals surface area contributed by atoms with E-state index >= 15 is 0 Å². The lowest BCUT2D eigenvalue weighted by Gasteiger charge is -2.10. The van der Waals surface area contributed by atoms with Gasteiger partial charge in [-0.1, -0.05) is 0 Å². The van der Waals surface area contributed by atoms with Crippen LogP contribution in [0.1, 0.15) is 32.1 Å². The monoisotopic (exact) mass is 381 g/mol. The number of halogens is 1. The molecule has 0 N–H and O–H groups in total. The molecule has 28 heavy (non-hydrogen) atoms. The van der Waals surface area contributed by atoms with Gasteiger partial charge in [0.05, 0.1) is 12.7 Å². The van der Waals surface area contributed by atoms with Crippen molar-refractivity contribution in [3.8, 4) is 11.4 Å². The molecule has 0 fully saturated rings. The normalized spacial score (nSPS) is 10.6. The van der Waals surface area contributed by atoms with Crippen molar-refractivity contribution in [2.75, 3.05) is 13.7 Å². The third-order valence-electron chi connectivity index (χ3n) is 4.44. The molecule has 5 nitrogen and oxygen atoms in total. The minimum Gasteiger partial charge on any atom is -0.494 e. The van der Waals surface area contributed by atoms with Crippen molar-refractivity contribution >= 4 is 11.8 Å². The second-order valence-electron chi connectivity index (χ2n) is 6.35. The number of esters is 1. The number of rotatable bonds is 6. The summed E-state index contributed by atoms with van der Waals surface area (Å²) >= 11 is 0. The van der Waals surface area contributed by atoms with Gasteiger partial charge in [-0.15, -0.1) is 0 Å². The molecular formula is C22H20FNO4. The predicted molar refractivity (Wildman–Crippen MR) is 103 cm³/mol. The van der Waals surface area contributed by atoms with Crippen molar-refractivity contribution in [3.63, 3.8) is 0 Å². The quantitative estimate of drug-likeness (QED) is 0.472. The summed E-state index contributed by atoms with van der Waals surface area (Å²) in [5, 5.41) is 0. The van der Waals surface area contributed by atoms with Crippen LogP contribution in [0.3, 0.4) is 0 Å². The van der Waals surface area contributed by atoms with Crippen LogP contribution >= 0.6 is 0 Å². The van der Waals surface area contributed by atoms with E-state index in [1.54, 1.807) is 12.1 Å². The number of ether oxygens (including phenoxy) is 2. The van der Waals surface area contributed by atoms with Crippen LogP contribution in [0, 0.1) is 19.7 Å². The van der Waals surface area contributed by atoms with E-state index < -0.39 is 24.2 Å². The van der Waals surface area contributed by atoms with Gasteiger partial charge in [-0.25, -0.2) is 9.18 Å². The number of aromatic nitrogens is 1. The van der Waals surface area contributed by atoms with Crippen LogP contribution in [-0.4, -0.2) is 30.0 Å². The number of aryl methyl sites for hydroxylation is 2. The Bertz CT molecular complexity index is 1000. The summed E-state index contributed by atoms with van der Waals surface area (Å²) in [6.07, 6.45) is 0. The highest BCUT2D eigenvalue weighted by molar-refractivity contribution is 5.99. The first-order valence-electron chi connectivity index (χ1n) is 8.70. The Hall–Kier alpha value is -3.41. The van der Waals surface area contributed by atoms with Gasteiger partial charge in [0, 0.05) is 22.6 Å². The predicted octanol–water partition coefficient (Wildman–Crippen LogP) is 4.28. The first-order valence-corrected chi connectivity index (χ1v) is 8.70. The summed E-state index contributed by atoms with van der Waals surface area (Å²) in [5.41, 5.74) is 3.55. The summed E-state index contributed by atoms with van der Waals surface area (Å²) in [6.45, 7) is 3.54. The highest BCUT2D eigenvalue weighted by atomic mass is 19.1. The summed E-state index contributed by atoms with van der Waals surface area (Å²) in [5.74, 6) is -1.72. The van der Waals surface area contributed by atoms with Gasteiger partial charge in [-0.05, 0) is 68.4 Å². The van der Waals surface area contributed by atoms with Crippen LogP contribution in [0.2, 0.25) is 0 Å². The van der Waals surface area contributed by atoms with E-state index in [2.05, 4.69) is 4.57 Å². The van der Waals surface area contributed by atoms with Crippen LogP contribution < -0.4 is 4.74 Å². The minimum absolute atomic E-state index is 0.0433. The lowest BCUT2D eigenvalue weighted by molar-refractivity contribution is 0.0474. The van der Waals surface area contributed by atoms with E-state index in [1.165, 1.54) is 19.2 Å². The molecular weight excluding hydrogens is 361 g/mol. The van der Waals surface area contributed by atoms with Gasteiger partial charge in [0.2, 0.25) is 0 Å². The largest absolute Gasteiger partial charge is 0.494 e. The van der Waals surface area contributed by atoms with E-state index in [0.29, 0.717) is 5.56 Å². The molecule has 0 unspecified atom stereocenters. The van der Waals surface area contributed by atoms with E-state index in [-0.39, 0.29) is 11.3 Å². The molecule has 0 atom stereocenters. The van der Waals surface area contributed by atoms with E-state index in [4.69, 9.17) is 9.47 Å². The average molecular weight is 381 g/mol. The number of benzene rings is 2. The maximum atomic E-state index is 13.7. The van der Waals surface area contributed by atoms with Crippen molar-refractivity contribution in [2.24, 2.45) is 0 Å².